The normalized spacial score (nSPS) is 20.0. The lowest BCUT2D eigenvalue weighted by atomic mass is 9.85. The number of likely N-dealkylation sites (tertiary alicyclic amines) is 1. The van der Waals surface area contributed by atoms with Crippen LogP contribution in [0, 0.1) is 0 Å². The van der Waals surface area contributed by atoms with E-state index in [0.717, 1.165) is 11.1 Å². The molecule has 8 nitrogen and oxygen atoms in total. The van der Waals surface area contributed by atoms with E-state index in [0.29, 0.717) is 31.6 Å². The van der Waals surface area contributed by atoms with Gasteiger partial charge in [0.05, 0.1) is 0 Å². The third kappa shape index (κ3) is 5.09. The van der Waals surface area contributed by atoms with E-state index in [9.17, 15) is 22.8 Å². The third-order valence-corrected chi connectivity index (χ3v) is 6.72. The molecule has 3 aromatic rings. The van der Waals surface area contributed by atoms with Gasteiger partial charge in [0.25, 0.3) is 5.91 Å². The number of hydrogen-bond donors (Lipinski definition) is 0. The summed E-state index contributed by atoms with van der Waals surface area (Å²) in [6.07, 6.45) is -4.60. The first-order valence-corrected chi connectivity index (χ1v) is 12.3. The molecule has 2 amide bonds. The fourth-order valence-electron chi connectivity index (χ4n) is 5.02. The topological polar surface area (TPSA) is 88.8 Å². The molecule has 1 fully saturated rings. The van der Waals surface area contributed by atoms with E-state index in [1.807, 2.05) is 51.1 Å². The van der Waals surface area contributed by atoms with E-state index in [1.165, 1.54) is 6.07 Å². The highest BCUT2D eigenvalue weighted by Gasteiger charge is 2.42. The van der Waals surface area contributed by atoms with Gasteiger partial charge in [0.1, 0.15) is 5.60 Å². The van der Waals surface area contributed by atoms with Gasteiger partial charge in [-0.15, -0.1) is 0 Å². The zero-order chi connectivity index (χ0) is 27.2. The lowest BCUT2D eigenvalue weighted by molar-refractivity contribution is -0.159. The summed E-state index contributed by atoms with van der Waals surface area (Å²) in [7, 11) is 0. The van der Waals surface area contributed by atoms with Crippen molar-refractivity contribution in [2.75, 3.05) is 13.1 Å². The first-order chi connectivity index (χ1) is 17.9. The summed E-state index contributed by atoms with van der Waals surface area (Å²) in [6.45, 7) is 6.63. The number of ether oxygens (including phenoxy) is 1. The summed E-state index contributed by atoms with van der Waals surface area (Å²) in [4.78, 5) is 33.3. The zero-order valence-electron chi connectivity index (χ0n) is 21.2. The predicted octanol–water partition coefficient (Wildman–Crippen LogP) is 5.50. The fraction of sp³-hybridized carbons (Fsp3) is 0.407. The van der Waals surface area contributed by atoms with Gasteiger partial charge in [-0.2, -0.15) is 18.2 Å². The monoisotopic (exact) mass is 528 g/mol. The lowest BCUT2D eigenvalue weighted by Gasteiger charge is -2.43. The smallest absolute Gasteiger partial charge is 0.444 e. The fourth-order valence-corrected chi connectivity index (χ4v) is 5.02. The molecule has 2 aromatic carbocycles. The number of nitrogens with zero attached hydrogens (tertiary/aromatic N) is 4. The van der Waals surface area contributed by atoms with Crippen LogP contribution in [0.4, 0.5) is 18.0 Å². The Bertz CT molecular complexity index is 1350. The van der Waals surface area contributed by atoms with Crippen LogP contribution in [-0.2, 0) is 17.5 Å². The maximum atomic E-state index is 13.6. The van der Waals surface area contributed by atoms with Gasteiger partial charge in [-0.1, -0.05) is 47.6 Å². The highest BCUT2D eigenvalue weighted by molar-refractivity contribution is 5.99. The number of benzene rings is 2. The van der Waals surface area contributed by atoms with E-state index in [4.69, 9.17) is 4.74 Å². The number of carbonyl (C=O) groups excluding carboxylic acids is 2. The van der Waals surface area contributed by atoms with Crippen molar-refractivity contribution in [2.45, 2.75) is 57.5 Å². The van der Waals surface area contributed by atoms with Crippen LogP contribution < -0.4 is 0 Å². The number of hydrogen-bond acceptors (Lipinski definition) is 6. The Morgan fingerprint density at radius 1 is 1.11 bits per heavy atom. The van der Waals surface area contributed by atoms with Gasteiger partial charge < -0.3 is 19.1 Å². The van der Waals surface area contributed by atoms with Gasteiger partial charge in [0.2, 0.25) is 5.82 Å². The van der Waals surface area contributed by atoms with Crippen LogP contribution in [0.25, 0.3) is 11.4 Å². The van der Waals surface area contributed by atoms with Crippen molar-refractivity contribution in [3.05, 3.63) is 71.1 Å². The summed E-state index contributed by atoms with van der Waals surface area (Å²) in [5.74, 6) is -2.05. The van der Waals surface area contributed by atoms with Gasteiger partial charge in [-0.3, -0.25) is 4.79 Å². The molecule has 1 aromatic heterocycles. The van der Waals surface area contributed by atoms with Crippen molar-refractivity contribution in [2.24, 2.45) is 0 Å². The molecule has 0 spiro atoms. The van der Waals surface area contributed by atoms with Crippen LogP contribution in [0.2, 0.25) is 0 Å². The molecule has 0 saturated carbocycles. The molecule has 200 valence electrons. The minimum Gasteiger partial charge on any atom is -0.444 e. The minimum absolute atomic E-state index is 0.151. The first-order valence-electron chi connectivity index (χ1n) is 12.3. The van der Waals surface area contributed by atoms with Crippen LogP contribution >= 0.6 is 0 Å². The Labute approximate surface area is 217 Å². The number of aromatic nitrogens is 2. The number of piperidine rings is 1. The first kappa shape index (κ1) is 25.7. The molecule has 0 aliphatic carbocycles. The van der Waals surface area contributed by atoms with E-state index in [1.54, 1.807) is 21.9 Å². The van der Waals surface area contributed by atoms with E-state index >= 15 is 0 Å². The van der Waals surface area contributed by atoms with Crippen molar-refractivity contribution >= 4 is 12.0 Å². The third-order valence-electron chi connectivity index (χ3n) is 6.72. The molecule has 0 bridgehead atoms. The maximum Gasteiger partial charge on any atom is 0.471 e. The largest absolute Gasteiger partial charge is 0.471 e. The summed E-state index contributed by atoms with van der Waals surface area (Å²) >= 11 is 0. The average molecular weight is 529 g/mol. The number of fused-ring (bicyclic) bond motifs is 1. The Hall–Kier alpha value is -3.89. The molecular weight excluding hydrogens is 501 g/mol. The molecule has 11 heteroatoms. The molecular formula is C27H27F3N4O4. The Morgan fingerprint density at radius 2 is 1.84 bits per heavy atom. The van der Waals surface area contributed by atoms with Gasteiger partial charge in [-0.25, -0.2) is 4.79 Å². The van der Waals surface area contributed by atoms with Crippen molar-refractivity contribution in [3.8, 4) is 11.4 Å². The number of alkyl halides is 3. The van der Waals surface area contributed by atoms with E-state index in [2.05, 4.69) is 14.7 Å². The van der Waals surface area contributed by atoms with Crippen LogP contribution in [0.3, 0.4) is 0 Å². The minimum atomic E-state index is -4.75. The predicted molar refractivity (Wildman–Crippen MR) is 130 cm³/mol. The van der Waals surface area contributed by atoms with Gasteiger partial charge in [0, 0.05) is 42.7 Å². The molecule has 0 radical (unpaired) electrons. The molecule has 2 atom stereocenters. The average Bonchev–Trinajstić information content (AvgIpc) is 3.49. The van der Waals surface area contributed by atoms with Gasteiger partial charge >= 0.3 is 18.2 Å². The highest BCUT2D eigenvalue weighted by atomic mass is 19.4. The highest BCUT2D eigenvalue weighted by Crippen LogP contribution is 2.37. The van der Waals surface area contributed by atoms with Crippen molar-refractivity contribution in [3.63, 3.8) is 0 Å². The number of halogens is 3. The standard InChI is InChI=1S/C27H27F3N4O4/c1-26(2,3)37-25(36)33-12-11-21(20(15-33)16-7-5-4-6-8-16)34-14-18-10-9-17(13-19(18)23(34)35)22-31-24(38-32-22)27(28,29)30/h4-10,13,20-21H,11-12,14-15H2,1-3H3. The second-order valence-corrected chi connectivity index (χ2v) is 10.5. The summed E-state index contributed by atoms with van der Waals surface area (Å²) in [5, 5.41) is 3.43. The molecule has 2 aliphatic rings. The number of carbonyl (C=O) groups is 2. The molecule has 0 N–H and O–H groups in total. The second kappa shape index (κ2) is 9.45. The lowest BCUT2D eigenvalue weighted by Crippen LogP contribution is -2.52. The summed E-state index contributed by atoms with van der Waals surface area (Å²) in [5.41, 5.74) is 1.79. The Kier molecular flexibility index (Phi) is 6.40. The molecule has 38 heavy (non-hydrogen) atoms. The summed E-state index contributed by atoms with van der Waals surface area (Å²) < 4.78 is 48.6. The molecule has 2 unspecified atom stereocenters. The molecule has 3 heterocycles. The zero-order valence-corrected chi connectivity index (χ0v) is 21.2. The number of amides is 2. The van der Waals surface area contributed by atoms with Gasteiger partial charge in [-0.05, 0) is 44.4 Å². The Morgan fingerprint density at radius 3 is 2.50 bits per heavy atom. The molecule has 5 rings (SSSR count). The van der Waals surface area contributed by atoms with Crippen LogP contribution in [0.5, 0.6) is 0 Å². The molecule has 1 saturated heterocycles. The Balaban J connectivity index is 1.40. The van der Waals surface area contributed by atoms with Crippen molar-refractivity contribution in [1.29, 1.82) is 0 Å². The van der Waals surface area contributed by atoms with Crippen LogP contribution in [-0.4, -0.2) is 56.7 Å². The van der Waals surface area contributed by atoms with E-state index in [-0.39, 0.29) is 29.3 Å². The van der Waals surface area contributed by atoms with Crippen LogP contribution in [0.1, 0.15) is 60.5 Å². The quantitative estimate of drug-likeness (QED) is 0.446. The maximum absolute atomic E-state index is 13.6. The molecule has 2 aliphatic heterocycles. The van der Waals surface area contributed by atoms with Crippen LogP contribution in [0.15, 0.2) is 53.1 Å². The number of rotatable bonds is 3. The second-order valence-electron chi connectivity index (χ2n) is 10.5. The SMILES string of the molecule is CC(C)(C)OC(=O)N1CCC(N2Cc3ccc(-c4noc(C(F)(F)F)n4)cc3C2=O)C(c2ccccc2)C1. The van der Waals surface area contributed by atoms with Gasteiger partial charge in [0.15, 0.2) is 0 Å². The summed E-state index contributed by atoms with van der Waals surface area (Å²) in [6, 6.07) is 14.3. The van der Waals surface area contributed by atoms with Crippen molar-refractivity contribution in [1.82, 2.24) is 19.9 Å². The van der Waals surface area contributed by atoms with E-state index < -0.39 is 23.8 Å². The van der Waals surface area contributed by atoms with Crippen molar-refractivity contribution < 1.29 is 32.0 Å².